The molecule has 3 rings (SSSR count). The fourth-order valence-corrected chi connectivity index (χ4v) is 2.89. The van der Waals surface area contributed by atoms with Crippen LogP contribution >= 0.6 is 0 Å². The van der Waals surface area contributed by atoms with Gasteiger partial charge in [-0.1, -0.05) is 24.3 Å². The number of nitrogens with zero attached hydrogens (tertiary/aromatic N) is 4. The molecular weight excluding hydrogens is 421 g/mol. The summed E-state index contributed by atoms with van der Waals surface area (Å²) in [6.07, 6.45) is -1.30. The van der Waals surface area contributed by atoms with E-state index in [2.05, 4.69) is 25.7 Å². The van der Waals surface area contributed by atoms with Crippen molar-refractivity contribution < 1.29 is 17.9 Å². The SMILES string of the molecule is CCNC(=NCc1ccc(-n2cncn2)cc1)NCc1ccc(C)cc1OCC(F)(F)F. The van der Waals surface area contributed by atoms with E-state index in [9.17, 15) is 13.2 Å². The summed E-state index contributed by atoms with van der Waals surface area (Å²) < 4.78 is 44.4. The molecule has 0 aliphatic rings. The molecule has 2 aromatic carbocycles. The average molecular weight is 446 g/mol. The molecule has 0 unspecified atom stereocenters. The highest BCUT2D eigenvalue weighted by Crippen LogP contribution is 2.23. The van der Waals surface area contributed by atoms with E-state index >= 15 is 0 Å². The van der Waals surface area contributed by atoms with E-state index in [0.29, 0.717) is 24.6 Å². The van der Waals surface area contributed by atoms with Crippen molar-refractivity contribution >= 4 is 5.96 Å². The summed E-state index contributed by atoms with van der Waals surface area (Å²) in [5.74, 6) is 0.754. The van der Waals surface area contributed by atoms with Crippen LogP contribution in [0.2, 0.25) is 0 Å². The number of aromatic nitrogens is 3. The van der Waals surface area contributed by atoms with Gasteiger partial charge in [0.1, 0.15) is 18.4 Å². The maximum absolute atomic E-state index is 12.6. The first-order chi connectivity index (χ1) is 15.3. The third-order valence-corrected chi connectivity index (χ3v) is 4.44. The first kappa shape index (κ1) is 23.1. The van der Waals surface area contributed by atoms with E-state index in [0.717, 1.165) is 16.8 Å². The van der Waals surface area contributed by atoms with Crippen LogP contribution in [0.5, 0.6) is 5.75 Å². The highest BCUT2D eigenvalue weighted by molar-refractivity contribution is 5.79. The molecule has 0 aliphatic heterocycles. The summed E-state index contributed by atoms with van der Waals surface area (Å²) in [5, 5.41) is 10.4. The molecular formula is C22H25F3N6O. The number of ether oxygens (including phenoxy) is 1. The van der Waals surface area contributed by atoms with Gasteiger partial charge < -0.3 is 15.4 Å². The standard InChI is InChI=1S/C22H25F3N6O/c1-3-27-21(28-11-17-5-8-19(9-6-17)31-15-26-14-30-31)29-12-18-7-4-16(2)10-20(18)32-13-22(23,24)25/h4-10,14-15H,3,11-13H2,1-2H3,(H2,27,28,29). The Morgan fingerprint density at radius 2 is 1.91 bits per heavy atom. The van der Waals surface area contributed by atoms with E-state index in [1.54, 1.807) is 30.1 Å². The molecule has 3 aromatic rings. The van der Waals surface area contributed by atoms with Crippen molar-refractivity contribution in [3.63, 3.8) is 0 Å². The molecule has 32 heavy (non-hydrogen) atoms. The van der Waals surface area contributed by atoms with E-state index < -0.39 is 12.8 Å². The zero-order chi connectivity index (χ0) is 23.0. The number of aliphatic imine (C=N–C) groups is 1. The van der Waals surface area contributed by atoms with Crippen molar-refractivity contribution in [2.75, 3.05) is 13.2 Å². The van der Waals surface area contributed by atoms with Crippen molar-refractivity contribution in [1.29, 1.82) is 0 Å². The molecule has 0 spiro atoms. The van der Waals surface area contributed by atoms with Crippen LogP contribution < -0.4 is 15.4 Å². The Kier molecular flexibility index (Phi) is 7.69. The lowest BCUT2D eigenvalue weighted by atomic mass is 10.1. The van der Waals surface area contributed by atoms with Gasteiger partial charge in [0.15, 0.2) is 12.6 Å². The lowest BCUT2D eigenvalue weighted by Gasteiger charge is -2.16. The second-order valence-electron chi connectivity index (χ2n) is 7.07. The highest BCUT2D eigenvalue weighted by atomic mass is 19.4. The molecule has 10 heteroatoms. The van der Waals surface area contributed by atoms with E-state index in [4.69, 9.17) is 4.74 Å². The van der Waals surface area contributed by atoms with Crippen LogP contribution in [-0.4, -0.2) is 40.1 Å². The molecule has 170 valence electrons. The van der Waals surface area contributed by atoms with Gasteiger partial charge in [0.05, 0.1) is 12.2 Å². The molecule has 7 nitrogen and oxygen atoms in total. The van der Waals surface area contributed by atoms with Gasteiger partial charge >= 0.3 is 6.18 Å². The molecule has 1 heterocycles. The number of hydrogen-bond donors (Lipinski definition) is 2. The molecule has 0 atom stereocenters. The number of rotatable bonds is 8. The van der Waals surface area contributed by atoms with Crippen LogP contribution in [-0.2, 0) is 13.1 Å². The molecule has 0 saturated carbocycles. The Morgan fingerprint density at radius 1 is 1.12 bits per heavy atom. The van der Waals surface area contributed by atoms with E-state index in [1.807, 2.05) is 37.3 Å². The average Bonchev–Trinajstić information content (AvgIpc) is 3.30. The minimum Gasteiger partial charge on any atom is -0.484 e. The van der Waals surface area contributed by atoms with Gasteiger partial charge in [0, 0.05) is 18.7 Å². The van der Waals surface area contributed by atoms with Crippen molar-refractivity contribution in [2.45, 2.75) is 33.1 Å². The number of nitrogens with one attached hydrogen (secondary N) is 2. The monoisotopic (exact) mass is 446 g/mol. The van der Waals surface area contributed by atoms with Gasteiger partial charge in [0.25, 0.3) is 0 Å². The smallest absolute Gasteiger partial charge is 0.422 e. The second-order valence-corrected chi connectivity index (χ2v) is 7.07. The Labute approximate surface area is 184 Å². The Balaban J connectivity index is 1.64. The Bertz CT molecular complexity index is 1020. The van der Waals surface area contributed by atoms with Crippen LogP contribution in [0.25, 0.3) is 5.69 Å². The first-order valence-electron chi connectivity index (χ1n) is 10.1. The number of benzene rings is 2. The van der Waals surface area contributed by atoms with Gasteiger partial charge in [-0.2, -0.15) is 18.3 Å². The number of guanidine groups is 1. The molecule has 0 saturated heterocycles. The maximum atomic E-state index is 12.6. The van der Waals surface area contributed by atoms with Crippen LogP contribution in [0.3, 0.4) is 0 Å². The minimum absolute atomic E-state index is 0.203. The molecule has 2 N–H and O–H groups in total. The van der Waals surface area contributed by atoms with Crippen molar-refractivity contribution in [3.05, 3.63) is 71.8 Å². The van der Waals surface area contributed by atoms with Crippen molar-refractivity contribution in [3.8, 4) is 11.4 Å². The highest BCUT2D eigenvalue weighted by Gasteiger charge is 2.28. The fourth-order valence-electron chi connectivity index (χ4n) is 2.89. The molecule has 0 radical (unpaired) electrons. The number of hydrogen-bond acceptors (Lipinski definition) is 4. The molecule has 0 fully saturated rings. The number of aryl methyl sites for hydroxylation is 1. The molecule has 0 bridgehead atoms. The van der Waals surface area contributed by atoms with Gasteiger partial charge in [-0.15, -0.1) is 0 Å². The minimum atomic E-state index is -4.39. The maximum Gasteiger partial charge on any atom is 0.422 e. The quantitative estimate of drug-likeness (QED) is 0.407. The van der Waals surface area contributed by atoms with Crippen LogP contribution in [0.15, 0.2) is 60.1 Å². The zero-order valence-corrected chi connectivity index (χ0v) is 17.9. The third kappa shape index (κ3) is 7.00. The van der Waals surface area contributed by atoms with Crippen molar-refractivity contribution in [1.82, 2.24) is 25.4 Å². The molecule has 1 aromatic heterocycles. The Morgan fingerprint density at radius 3 is 2.56 bits per heavy atom. The third-order valence-electron chi connectivity index (χ3n) is 4.44. The Hall–Kier alpha value is -3.56. The zero-order valence-electron chi connectivity index (χ0n) is 17.9. The van der Waals surface area contributed by atoms with Gasteiger partial charge in [0.2, 0.25) is 0 Å². The summed E-state index contributed by atoms with van der Waals surface area (Å²) in [7, 11) is 0. The summed E-state index contributed by atoms with van der Waals surface area (Å²) in [6, 6.07) is 12.9. The predicted octanol–water partition coefficient (Wildman–Crippen LogP) is 3.77. The van der Waals surface area contributed by atoms with Crippen LogP contribution in [0.4, 0.5) is 13.2 Å². The lowest BCUT2D eigenvalue weighted by Crippen LogP contribution is -2.37. The molecule has 0 amide bonds. The van der Waals surface area contributed by atoms with Gasteiger partial charge in [-0.3, -0.25) is 0 Å². The van der Waals surface area contributed by atoms with Gasteiger partial charge in [-0.25, -0.2) is 14.7 Å². The summed E-state index contributed by atoms with van der Waals surface area (Å²) in [5.41, 5.74) is 3.32. The summed E-state index contributed by atoms with van der Waals surface area (Å²) in [6.45, 7) is 3.75. The fraction of sp³-hybridized carbons (Fsp3) is 0.318. The first-order valence-corrected chi connectivity index (χ1v) is 10.1. The van der Waals surface area contributed by atoms with Crippen LogP contribution in [0, 0.1) is 6.92 Å². The number of alkyl halides is 3. The lowest BCUT2D eigenvalue weighted by molar-refractivity contribution is -0.153. The summed E-state index contributed by atoms with van der Waals surface area (Å²) >= 11 is 0. The largest absolute Gasteiger partial charge is 0.484 e. The summed E-state index contributed by atoms with van der Waals surface area (Å²) in [4.78, 5) is 8.49. The van der Waals surface area contributed by atoms with Gasteiger partial charge in [-0.05, 0) is 43.2 Å². The topological polar surface area (TPSA) is 76.4 Å². The van der Waals surface area contributed by atoms with Crippen molar-refractivity contribution in [2.24, 2.45) is 4.99 Å². The van der Waals surface area contributed by atoms with E-state index in [1.165, 1.54) is 6.33 Å². The second kappa shape index (κ2) is 10.7. The van der Waals surface area contributed by atoms with Crippen LogP contribution in [0.1, 0.15) is 23.6 Å². The number of halogens is 3. The predicted molar refractivity (Wildman–Crippen MR) is 116 cm³/mol. The normalized spacial score (nSPS) is 12.0. The van der Waals surface area contributed by atoms with E-state index in [-0.39, 0.29) is 12.3 Å². The molecule has 0 aliphatic carbocycles.